The van der Waals surface area contributed by atoms with Crippen molar-refractivity contribution in [2.75, 3.05) is 0 Å². The second-order valence-electron chi connectivity index (χ2n) is 6.85. The van der Waals surface area contributed by atoms with Crippen molar-refractivity contribution in [3.8, 4) is 0 Å². The number of hydrogen-bond donors (Lipinski definition) is 1. The fraction of sp³-hybridized carbons (Fsp3) is 0.400. The molecular formula is C20H23N5OS2. The number of carbonyl (C=O) groups excluding carboxylic acids is 1. The number of nitrogens with one attached hydrogen (secondary N) is 1. The van der Waals surface area contributed by atoms with Gasteiger partial charge in [0.25, 0.3) is 5.91 Å². The van der Waals surface area contributed by atoms with Gasteiger partial charge in [0.2, 0.25) is 0 Å². The lowest BCUT2D eigenvalue weighted by Gasteiger charge is -2.08. The molecule has 6 nitrogen and oxygen atoms in total. The van der Waals surface area contributed by atoms with E-state index < -0.39 is 0 Å². The van der Waals surface area contributed by atoms with E-state index in [1.54, 1.807) is 23.1 Å². The maximum absolute atomic E-state index is 12.5. The summed E-state index contributed by atoms with van der Waals surface area (Å²) in [4.78, 5) is 18.1. The third-order valence-corrected chi connectivity index (χ3v) is 6.63. The van der Waals surface area contributed by atoms with Crippen LogP contribution in [0.25, 0.3) is 0 Å². The highest BCUT2D eigenvalue weighted by molar-refractivity contribution is 7.98. The van der Waals surface area contributed by atoms with Crippen molar-refractivity contribution in [2.45, 2.75) is 56.3 Å². The number of fused-ring (bicyclic) bond motifs is 1. The van der Waals surface area contributed by atoms with Crippen LogP contribution in [-0.2, 0) is 25.3 Å². The van der Waals surface area contributed by atoms with E-state index in [-0.39, 0.29) is 5.91 Å². The van der Waals surface area contributed by atoms with Crippen LogP contribution in [0.5, 0.6) is 0 Å². The van der Waals surface area contributed by atoms with E-state index in [2.05, 4.69) is 30.4 Å². The predicted octanol–water partition coefficient (Wildman–Crippen LogP) is 3.99. The Morgan fingerprint density at radius 3 is 2.86 bits per heavy atom. The van der Waals surface area contributed by atoms with Crippen molar-refractivity contribution < 1.29 is 4.79 Å². The maximum atomic E-state index is 12.5. The monoisotopic (exact) mass is 413 g/mol. The molecule has 1 aliphatic heterocycles. The molecule has 0 saturated carbocycles. The smallest absolute Gasteiger partial charge is 0.251 e. The Bertz CT molecular complexity index is 948. The van der Waals surface area contributed by atoms with Crippen LogP contribution in [0.15, 0.2) is 34.5 Å². The number of thiazole rings is 1. The first kappa shape index (κ1) is 19.1. The largest absolute Gasteiger partial charge is 0.345 e. The van der Waals surface area contributed by atoms with Crippen molar-refractivity contribution in [1.29, 1.82) is 0 Å². The lowest BCUT2D eigenvalue weighted by atomic mass is 10.2. The number of carbonyl (C=O) groups is 1. The maximum Gasteiger partial charge on any atom is 0.251 e. The molecule has 0 atom stereocenters. The molecule has 0 aliphatic carbocycles. The highest BCUT2D eigenvalue weighted by atomic mass is 32.2. The first-order chi connectivity index (χ1) is 13.7. The molecule has 1 aliphatic rings. The molecule has 0 fully saturated rings. The van der Waals surface area contributed by atoms with Gasteiger partial charge in [-0.3, -0.25) is 4.79 Å². The highest BCUT2D eigenvalue weighted by Gasteiger charge is 2.15. The SMILES string of the molecule is Cc1nc(CSc2ccc(C(=O)NCc3nnc4n3CCCCC4)cc2)cs1. The summed E-state index contributed by atoms with van der Waals surface area (Å²) in [5, 5.41) is 14.7. The molecule has 0 radical (unpaired) electrons. The molecule has 3 aromatic rings. The lowest BCUT2D eigenvalue weighted by molar-refractivity contribution is 0.0949. The molecule has 1 amide bonds. The van der Waals surface area contributed by atoms with Crippen molar-refractivity contribution in [3.63, 3.8) is 0 Å². The summed E-state index contributed by atoms with van der Waals surface area (Å²) < 4.78 is 2.16. The molecule has 8 heteroatoms. The molecule has 1 aromatic carbocycles. The third kappa shape index (κ3) is 4.62. The fourth-order valence-corrected chi connectivity index (χ4v) is 4.78. The van der Waals surface area contributed by atoms with Crippen LogP contribution in [0.1, 0.15) is 52.0 Å². The van der Waals surface area contributed by atoms with Gasteiger partial charge in [0.15, 0.2) is 5.82 Å². The van der Waals surface area contributed by atoms with E-state index in [0.717, 1.165) is 58.8 Å². The van der Waals surface area contributed by atoms with E-state index in [4.69, 9.17) is 0 Å². The Labute approximate surface area is 172 Å². The number of nitrogens with zero attached hydrogens (tertiary/aromatic N) is 4. The van der Waals surface area contributed by atoms with Crippen LogP contribution >= 0.6 is 23.1 Å². The Hall–Kier alpha value is -2.19. The molecule has 146 valence electrons. The predicted molar refractivity (Wildman–Crippen MR) is 112 cm³/mol. The minimum atomic E-state index is -0.0855. The number of thioether (sulfide) groups is 1. The number of rotatable bonds is 6. The highest BCUT2D eigenvalue weighted by Crippen LogP contribution is 2.24. The topological polar surface area (TPSA) is 72.7 Å². The summed E-state index contributed by atoms with van der Waals surface area (Å²) in [6.07, 6.45) is 4.50. The van der Waals surface area contributed by atoms with Gasteiger partial charge < -0.3 is 9.88 Å². The number of aryl methyl sites for hydroxylation is 2. The number of aromatic nitrogens is 4. The molecule has 0 bridgehead atoms. The van der Waals surface area contributed by atoms with Gasteiger partial charge in [0.1, 0.15) is 5.82 Å². The zero-order valence-electron chi connectivity index (χ0n) is 15.9. The third-order valence-electron chi connectivity index (χ3n) is 4.76. The Balaban J connectivity index is 1.32. The molecule has 4 rings (SSSR count). The van der Waals surface area contributed by atoms with E-state index >= 15 is 0 Å². The molecule has 0 unspecified atom stereocenters. The van der Waals surface area contributed by atoms with Gasteiger partial charge in [-0.05, 0) is 44.0 Å². The minimum Gasteiger partial charge on any atom is -0.345 e. The molecule has 2 aromatic heterocycles. The Morgan fingerprint density at radius 2 is 2.07 bits per heavy atom. The van der Waals surface area contributed by atoms with Crippen LogP contribution in [0, 0.1) is 6.92 Å². The molecule has 3 heterocycles. The van der Waals surface area contributed by atoms with E-state index in [0.29, 0.717) is 12.1 Å². The first-order valence-corrected chi connectivity index (χ1v) is 11.4. The quantitative estimate of drug-likeness (QED) is 0.619. The van der Waals surface area contributed by atoms with Gasteiger partial charge in [0.05, 0.1) is 17.2 Å². The number of hydrogen-bond acceptors (Lipinski definition) is 6. The summed E-state index contributed by atoms with van der Waals surface area (Å²) in [6, 6.07) is 7.71. The average Bonchev–Trinajstić information content (AvgIpc) is 3.23. The second-order valence-corrected chi connectivity index (χ2v) is 8.96. The molecule has 0 spiro atoms. The van der Waals surface area contributed by atoms with Crippen LogP contribution in [0.4, 0.5) is 0 Å². The van der Waals surface area contributed by atoms with Crippen LogP contribution in [0.2, 0.25) is 0 Å². The van der Waals surface area contributed by atoms with Gasteiger partial charge in [-0.15, -0.1) is 33.3 Å². The number of benzene rings is 1. The van der Waals surface area contributed by atoms with E-state index in [1.807, 2.05) is 31.2 Å². The minimum absolute atomic E-state index is 0.0855. The Morgan fingerprint density at radius 1 is 1.21 bits per heavy atom. The Kier molecular flexibility index (Phi) is 6.07. The summed E-state index contributed by atoms with van der Waals surface area (Å²) in [7, 11) is 0. The van der Waals surface area contributed by atoms with Crippen LogP contribution in [0.3, 0.4) is 0 Å². The van der Waals surface area contributed by atoms with E-state index in [9.17, 15) is 4.79 Å². The van der Waals surface area contributed by atoms with Gasteiger partial charge in [0, 0.05) is 34.6 Å². The van der Waals surface area contributed by atoms with Crippen LogP contribution < -0.4 is 5.32 Å². The van der Waals surface area contributed by atoms with E-state index in [1.165, 1.54) is 6.42 Å². The van der Waals surface area contributed by atoms with Crippen molar-refractivity contribution >= 4 is 29.0 Å². The molecule has 0 saturated heterocycles. The fourth-order valence-electron chi connectivity index (χ4n) is 3.27. The van der Waals surface area contributed by atoms with Gasteiger partial charge in [-0.25, -0.2) is 4.98 Å². The van der Waals surface area contributed by atoms with Gasteiger partial charge in [-0.1, -0.05) is 6.42 Å². The summed E-state index contributed by atoms with van der Waals surface area (Å²) in [5.74, 6) is 2.64. The lowest BCUT2D eigenvalue weighted by Crippen LogP contribution is -2.25. The van der Waals surface area contributed by atoms with Crippen molar-refractivity contribution in [1.82, 2.24) is 25.1 Å². The molecular weight excluding hydrogens is 390 g/mol. The summed E-state index contributed by atoms with van der Waals surface area (Å²) in [6.45, 7) is 3.37. The van der Waals surface area contributed by atoms with Crippen molar-refractivity contribution in [3.05, 3.63) is 57.6 Å². The zero-order chi connectivity index (χ0) is 19.3. The zero-order valence-corrected chi connectivity index (χ0v) is 17.5. The molecule has 28 heavy (non-hydrogen) atoms. The van der Waals surface area contributed by atoms with Gasteiger partial charge >= 0.3 is 0 Å². The summed E-state index contributed by atoms with van der Waals surface area (Å²) in [5.41, 5.74) is 1.76. The standard InChI is InChI=1S/C20H23N5OS2/c1-14-22-16(12-27-14)13-28-17-8-6-15(7-9-17)20(26)21-11-19-24-23-18-5-3-2-4-10-25(18)19/h6-9,12H,2-5,10-11,13H2,1H3,(H,21,26). The second kappa shape index (κ2) is 8.87. The van der Waals surface area contributed by atoms with Gasteiger partial charge in [-0.2, -0.15) is 0 Å². The normalized spacial score (nSPS) is 13.8. The average molecular weight is 414 g/mol. The first-order valence-electron chi connectivity index (χ1n) is 9.52. The molecule has 1 N–H and O–H groups in total. The van der Waals surface area contributed by atoms with Crippen LogP contribution in [-0.4, -0.2) is 25.7 Å². The summed E-state index contributed by atoms with van der Waals surface area (Å²) >= 11 is 3.40. The van der Waals surface area contributed by atoms with Crippen molar-refractivity contribution in [2.24, 2.45) is 0 Å². The number of amides is 1.